The van der Waals surface area contributed by atoms with Gasteiger partial charge < -0.3 is 9.47 Å². The minimum atomic E-state index is -0.191. The molecule has 3 aromatic carbocycles. The van der Waals surface area contributed by atoms with Gasteiger partial charge in [0.25, 0.3) is 0 Å². The first-order valence-corrected chi connectivity index (χ1v) is 9.27. The molecule has 4 heteroatoms. The highest BCUT2D eigenvalue weighted by atomic mass is 32.2. The Morgan fingerprint density at radius 2 is 1.64 bits per heavy atom. The fourth-order valence-electron chi connectivity index (χ4n) is 3.02. The smallest absolute Gasteiger partial charge is 0.231 e. The lowest BCUT2D eigenvalue weighted by molar-refractivity contribution is 0.174. The quantitative estimate of drug-likeness (QED) is 0.575. The molecule has 126 valence electrons. The average molecular weight is 352 g/mol. The van der Waals surface area contributed by atoms with Crippen LogP contribution in [-0.2, 0) is 6.42 Å². The normalized spacial score (nSPS) is 12.4. The second-order valence-electron chi connectivity index (χ2n) is 5.86. The molecule has 0 atom stereocenters. The van der Waals surface area contributed by atoms with E-state index in [1.165, 1.54) is 11.0 Å². The maximum Gasteiger partial charge on any atom is 0.231 e. The Labute approximate surface area is 150 Å². The van der Waals surface area contributed by atoms with Crippen LogP contribution in [0, 0.1) is 5.82 Å². The van der Waals surface area contributed by atoms with Crippen molar-refractivity contribution in [3.63, 3.8) is 0 Å². The van der Waals surface area contributed by atoms with Gasteiger partial charge in [0, 0.05) is 11.3 Å². The van der Waals surface area contributed by atoms with E-state index >= 15 is 0 Å². The van der Waals surface area contributed by atoms with Crippen molar-refractivity contribution < 1.29 is 13.9 Å². The minimum Gasteiger partial charge on any atom is -0.454 e. The van der Waals surface area contributed by atoms with E-state index in [-0.39, 0.29) is 12.6 Å². The maximum absolute atomic E-state index is 14.1. The number of fused-ring (bicyclic) bond motifs is 1. The lowest BCUT2D eigenvalue weighted by Crippen LogP contribution is -1.96. The predicted octanol–water partition coefficient (Wildman–Crippen LogP) is 5.53. The van der Waals surface area contributed by atoms with Crippen LogP contribution in [-0.4, -0.2) is 13.0 Å². The Bertz CT molecular complexity index is 906. The van der Waals surface area contributed by atoms with Crippen molar-refractivity contribution in [2.45, 2.75) is 11.3 Å². The van der Waals surface area contributed by atoms with Crippen LogP contribution in [0.15, 0.2) is 65.6 Å². The van der Waals surface area contributed by atoms with Gasteiger partial charge >= 0.3 is 0 Å². The summed E-state index contributed by atoms with van der Waals surface area (Å²) in [5, 5.41) is 0. The summed E-state index contributed by atoms with van der Waals surface area (Å²) in [6, 6.07) is 19.2. The molecular weight excluding hydrogens is 335 g/mol. The van der Waals surface area contributed by atoms with E-state index in [1.54, 1.807) is 17.8 Å². The van der Waals surface area contributed by atoms with Gasteiger partial charge in [-0.15, -0.1) is 11.8 Å². The third-order valence-electron chi connectivity index (χ3n) is 4.34. The Morgan fingerprint density at radius 1 is 0.920 bits per heavy atom. The van der Waals surface area contributed by atoms with Gasteiger partial charge in [0.1, 0.15) is 5.82 Å². The van der Waals surface area contributed by atoms with Crippen LogP contribution in [0.4, 0.5) is 4.39 Å². The van der Waals surface area contributed by atoms with Gasteiger partial charge in [0.05, 0.1) is 0 Å². The van der Waals surface area contributed by atoms with Crippen LogP contribution in [0.2, 0.25) is 0 Å². The standard InChI is InChI=1S/C21H17FO2S/c1-25-17-8-6-14(7-9-17)18-12-21-20(23-13-24-21)11-16(18)10-15-4-2-3-5-19(15)22/h2-9,11-12H,10,13H2,1H3. The zero-order valence-corrected chi connectivity index (χ0v) is 14.6. The van der Waals surface area contributed by atoms with Crippen molar-refractivity contribution in [1.29, 1.82) is 0 Å². The molecular formula is C21H17FO2S. The van der Waals surface area contributed by atoms with Crippen molar-refractivity contribution in [2.75, 3.05) is 13.0 Å². The zero-order chi connectivity index (χ0) is 17.2. The van der Waals surface area contributed by atoms with Gasteiger partial charge in [-0.2, -0.15) is 0 Å². The number of halogens is 1. The van der Waals surface area contributed by atoms with E-state index in [0.717, 1.165) is 28.2 Å². The van der Waals surface area contributed by atoms with Gasteiger partial charge in [-0.3, -0.25) is 0 Å². The molecule has 0 unspecified atom stereocenters. The van der Waals surface area contributed by atoms with Crippen LogP contribution < -0.4 is 9.47 Å². The third-order valence-corrected chi connectivity index (χ3v) is 5.08. The highest BCUT2D eigenvalue weighted by Crippen LogP contribution is 2.40. The van der Waals surface area contributed by atoms with E-state index in [4.69, 9.17) is 9.47 Å². The van der Waals surface area contributed by atoms with Crippen LogP contribution >= 0.6 is 11.8 Å². The fraction of sp³-hybridized carbons (Fsp3) is 0.143. The molecule has 3 aromatic rings. The van der Waals surface area contributed by atoms with E-state index in [0.29, 0.717) is 12.0 Å². The molecule has 25 heavy (non-hydrogen) atoms. The first-order chi connectivity index (χ1) is 12.2. The van der Waals surface area contributed by atoms with Crippen molar-refractivity contribution in [3.05, 3.63) is 77.6 Å². The van der Waals surface area contributed by atoms with Gasteiger partial charge in [0.15, 0.2) is 11.5 Å². The Morgan fingerprint density at radius 3 is 2.36 bits per heavy atom. The summed E-state index contributed by atoms with van der Waals surface area (Å²) < 4.78 is 25.2. The molecule has 0 fully saturated rings. The van der Waals surface area contributed by atoms with Crippen LogP contribution in [0.25, 0.3) is 11.1 Å². The Balaban J connectivity index is 1.80. The van der Waals surface area contributed by atoms with Crippen LogP contribution in [0.1, 0.15) is 11.1 Å². The third kappa shape index (κ3) is 3.22. The molecule has 0 aliphatic carbocycles. The fourth-order valence-corrected chi connectivity index (χ4v) is 3.42. The van der Waals surface area contributed by atoms with E-state index in [1.807, 2.05) is 24.3 Å². The summed E-state index contributed by atoms with van der Waals surface area (Å²) in [5.74, 6) is 1.26. The lowest BCUT2D eigenvalue weighted by atomic mass is 9.94. The molecule has 1 aliphatic rings. The molecule has 0 bridgehead atoms. The number of hydrogen-bond donors (Lipinski definition) is 0. The maximum atomic E-state index is 14.1. The van der Waals surface area contributed by atoms with Crippen molar-refractivity contribution in [3.8, 4) is 22.6 Å². The number of rotatable bonds is 4. The van der Waals surface area contributed by atoms with E-state index in [2.05, 4.69) is 30.5 Å². The second kappa shape index (κ2) is 6.81. The molecule has 0 aromatic heterocycles. The van der Waals surface area contributed by atoms with E-state index < -0.39 is 0 Å². The molecule has 1 heterocycles. The summed E-state index contributed by atoms with van der Waals surface area (Å²) >= 11 is 1.71. The minimum absolute atomic E-state index is 0.191. The topological polar surface area (TPSA) is 18.5 Å². The molecule has 1 aliphatic heterocycles. The predicted molar refractivity (Wildman–Crippen MR) is 99.0 cm³/mol. The zero-order valence-electron chi connectivity index (χ0n) is 13.8. The largest absolute Gasteiger partial charge is 0.454 e. The number of ether oxygens (including phenoxy) is 2. The van der Waals surface area contributed by atoms with Gasteiger partial charge in [-0.25, -0.2) is 4.39 Å². The van der Waals surface area contributed by atoms with Gasteiger partial charge in [-0.1, -0.05) is 30.3 Å². The number of hydrogen-bond acceptors (Lipinski definition) is 3. The summed E-state index contributed by atoms with van der Waals surface area (Å²) in [5.41, 5.74) is 3.82. The molecule has 0 amide bonds. The number of benzene rings is 3. The summed E-state index contributed by atoms with van der Waals surface area (Å²) in [7, 11) is 0. The highest BCUT2D eigenvalue weighted by molar-refractivity contribution is 7.98. The molecule has 0 saturated heterocycles. The van der Waals surface area contributed by atoms with Gasteiger partial charge in [0.2, 0.25) is 6.79 Å². The highest BCUT2D eigenvalue weighted by Gasteiger charge is 2.19. The summed E-state index contributed by atoms with van der Waals surface area (Å²) in [6.45, 7) is 0.226. The molecule has 0 radical (unpaired) electrons. The average Bonchev–Trinajstić information content (AvgIpc) is 3.10. The van der Waals surface area contributed by atoms with Crippen LogP contribution in [0.5, 0.6) is 11.5 Å². The molecule has 0 spiro atoms. The molecule has 4 rings (SSSR count). The van der Waals surface area contributed by atoms with Crippen molar-refractivity contribution in [2.24, 2.45) is 0 Å². The molecule has 2 nitrogen and oxygen atoms in total. The van der Waals surface area contributed by atoms with Crippen molar-refractivity contribution in [1.82, 2.24) is 0 Å². The molecule has 0 saturated carbocycles. The second-order valence-corrected chi connectivity index (χ2v) is 6.74. The van der Waals surface area contributed by atoms with E-state index in [9.17, 15) is 4.39 Å². The summed E-state index contributed by atoms with van der Waals surface area (Å²) in [4.78, 5) is 1.21. The SMILES string of the molecule is CSc1ccc(-c2cc3c(cc2Cc2ccccc2F)OCO3)cc1. The van der Waals surface area contributed by atoms with Gasteiger partial charge in [-0.05, 0) is 58.8 Å². The van der Waals surface area contributed by atoms with Crippen LogP contribution in [0.3, 0.4) is 0 Å². The number of thioether (sulfide) groups is 1. The Hall–Kier alpha value is -2.46. The van der Waals surface area contributed by atoms with Crippen molar-refractivity contribution >= 4 is 11.8 Å². The summed E-state index contributed by atoms with van der Waals surface area (Å²) in [6.07, 6.45) is 2.56. The molecule has 0 N–H and O–H groups in total. The monoisotopic (exact) mass is 352 g/mol. The first-order valence-electron chi connectivity index (χ1n) is 8.05. The lowest BCUT2D eigenvalue weighted by Gasteiger charge is -2.13. The first kappa shape index (κ1) is 16.0. The Kier molecular flexibility index (Phi) is 4.36.